The molecule has 2 N–H and O–H groups in total. The van der Waals surface area contributed by atoms with Gasteiger partial charge in [-0.05, 0) is 29.3 Å². The maximum atomic E-state index is 11.5. The highest BCUT2D eigenvalue weighted by atomic mass is 16.5. The van der Waals surface area contributed by atoms with Crippen LogP contribution in [0.25, 0.3) is 0 Å². The lowest BCUT2D eigenvalue weighted by atomic mass is 9.76. The van der Waals surface area contributed by atoms with Gasteiger partial charge in [0.15, 0.2) is 0 Å². The van der Waals surface area contributed by atoms with E-state index in [1.165, 1.54) is 5.06 Å². The van der Waals surface area contributed by atoms with Gasteiger partial charge in [-0.2, -0.15) is 0 Å². The number of hydroxylamine groups is 1. The Morgan fingerprint density at radius 2 is 1.10 bits per heavy atom. The molecule has 0 bridgehead atoms. The molecule has 4 aromatic rings. The predicted molar refractivity (Wildman–Crippen MR) is 117 cm³/mol. The van der Waals surface area contributed by atoms with Crippen LogP contribution in [0.3, 0.4) is 0 Å². The second-order valence-corrected chi connectivity index (χ2v) is 7.33. The monoisotopic (exact) mass is 378 g/mol. The molecule has 1 aliphatic rings. The molecule has 1 aliphatic heterocycles. The van der Waals surface area contributed by atoms with Crippen molar-refractivity contribution < 1.29 is 5.21 Å². The van der Waals surface area contributed by atoms with Gasteiger partial charge in [-0.25, -0.2) is 5.06 Å². The molecule has 3 nitrogen and oxygen atoms in total. The van der Waals surface area contributed by atoms with Crippen LogP contribution in [0.5, 0.6) is 0 Å². The Hall–Kier alpha value is -3.56. The first-order valence-corrected chi connectivity index (χ1v) is 9.82. The first kappa shape index (κ1) is 17.5. The standard InChI is InChI=1S/C26H22N2O/c29-28(22-16-8-3-9-17-22)25-23-18-10-11-19-24(23)27-26(25,20-12-4-1-5-13-20)21-14-6-2-7-15-21/h1-19,25,27,29H. The summed E-state index contributed by atoms with van der Waals surface area (Å²) in [6.07, 6.45) is 0. The van der Waals surface area contributed by atoms with Crippen molar-refractivity contribution >= 4 is 11.4 Å². The number of nitrogens with one attached hydrogen (secondary N) is 1. The SMILES string of the molecule is ON(c1ccccc1)C1c2ccccc2NC1(c1ccccc1)c1ccccc1. The van der Waals surface area contributed by atoms with E-state index in [9.17, 15) is 5.21 Å². The van der Waals surface area contributed by atoms with E-state index in [1.54, 1.807) is 0 Å². The van der Waals surface area contributed by atoms with Crippen LogP contribution in [-0.4, -0.2) is 5.21 Å². The lowest BCUT2D eigenvalue weighted by Crippen LogP contribution is -2.45. The molecule has 1 heterocycles. The summed E-state index contributed by atoms with van der Waals surface area (Å²) in [7, 11) is 0. The van der Waals surface area contributed by atoms with Crippen LogP contribution in [0.4, 0.5) is 11.4 Å². The normalized spacial score (nSPS) is 16.7. The fourth-order valence-electron chi connectivity index (χ4n) is 4.44. The van der Waals surface area contributed by atoms with Crippen molar-refractivity contribution in [2.75, 3.05) is 10.4 Å². The maximum absolute atomic E-state index is 11.5. The number of benzene rings is 4. The summed E-state index contributed by atoms with van der Waals surface area (Å²) < 4.78 is 0. The van der Waals surface area contributed by atoms with Gasteiger partial charge in [-0.15, -0.1) is 0 Å². The van der Waals surface area contributed by atoms with Gasteiger partial charge >= 0.3 is 0 Å². The van der Waals surface area contributed by atoms with Gasteiger partial charge < -0.3 is 5.32 Å². The van der Waals surface area contributed by atoms with E-state index < -0.39 is 5.54 Å². The number of hydrogen-bond donors (Lipinski definition) is 2. The van der Waals surface area contributed by atoms with E-state index >= 15 is 0 Å². The maximum Gasteiger partial charge on any atom is 0.115 e. The summed E-state index contributed by atoms with van der Waals surface area (Å²) in [5, 5.41) is 16.7. The number of para-hydroxylation sites is 2. The lowest BCUT2D eigenvalue weighted by Gasteiger charge is -2.41. The third-order valence-electron chi connectivity index (χ3n) is 5.72. The minimum Gasteiger partial charge on any atom is -0.369 e. The minimum atomic E-state index is -0.642. The van der Waals surface area contributed by atoms with E-state index in [2.05, 4.69) is 41.7 Å². The smallest absolute Gasteiger partial charge is 0.115 e. The van der Waals surface area contributed by atoms with Crippen molar-refractivity contribution in [2.24, 2.45) is 0 Å². The molecule has 1 unspecified atom stereocenters. The summed E-state index contributed by atoms with van der Waals surface area (Å²) in [5.41, 5.74) is 4.40. The number of anilines is 2. The van der Waals surface area contributed by atoms with E-state index in [-0.39, 0.29) is 6.04 Å². The van der Waals surface area contributed by atoms with Gasteiger partial charge in [0.2, 0.25) is 0 Å². The molecule has 0 spiro atoms. The Balaban J connectivity index is 1.79. The summed E-state index contributed by atoms with van der Waals surface area (Å²) in [6, 6.07) is 38.3. The van der Waals surface area contributed by atoms with Crippen molar-refractivity contribution in [3.63, 3.8) is 0 Å². The van der Waals surface area contributed by atoms with Crippen LogP contribution in [0.2, 0.25) is 0 Å². The molecule has 0 aliphatic carbocycles. The number of hydrogen-bond acceptors (Lipinski definition) is 3. The van der Waals surface area contributed by atoms with Crippen LogP contribution < -0.4 is 10.4 Å². The van der Waals surface area contributed by atoms with Gasteiger partial charge in [0, 0.05) is 11.3 Å². The highest BCUT2D eigenvalue weighted by molar-refractivity contribution is 5.70. The Morgan fingerprint density at radius 3 is 1.69 bits per heavy atom. The highest BCUT2D eigenvalue weighted by Crippen LogP contribution is 2.54. The second-order valence-electron chi connectivity index (χ2n) is 7.33. The summed E-state index contributed by atoms with van der Waals surface area (Å²) in [5.74, 6) is 0. The molecule has 0 radical (unpaired) electrons. The Bertz CT molecular complexity index is 1060. The zero-order chi connectivity index (χ0) is 19.7. The topological polar surface area (TPSA) is 35.5 Å². The first-order valence-electron chi connectivity index (χ1n) is 9.82. The second kappa shape index (κ2) is 7.12. The van der Waals surface area contributed by atoms with Gasteiger partial charge in [-0.1, -0.05) is 97.1 Å². The predicted octanol–water partition coefficient (Wildman–Crippen LogP) is 5.99. The Labute approximate surface area is 170 Å². The molecule has 0 saturated carbocycles. The third kappa shape index (κ3) is 2.79. The molecule has 1 atom stereocenters. The fraction of sp³-hybridized carbons (Fsp3) is 0.0769. The Kier molecular flexibility index (Phi) is 4.30. The van der Waals surface area contributed by atoms with Crippen LogP contribution in [0, 0.1) is 0 Å². The summed E-state index contributed by atoms with van der Waals surface area (Å²) in [4.78, 5) is 0. The molecule has 3 heteroatoms. The molecule has 0 saturated heterocycles. The van der Waals surface area contributed by atoms with Crippen molar-refractivity contribution in [3.05, 3.63) is 132 Å². The van der Waals surface area contributed by atoms with Crippen molar-refractivity contribution in [3.8, 4) is 0 Å². The van der Waals surface area contributed by atoms with Gasteiger partial charge in [-0.3, -0.25) is 5.21 Å². The van der Waals surface area contributed by atoms with Crippen LogP contribution >= 0.6 is 0 Å². The zero-order valence-corrected chi connectivity index (χ0v) is 15.9. The quantitative estimate of drug-likeness (QED) is 0.428. The average molecular weight is 378 g/mol. The van der Waals surface area contributed by atoms with Crippen molar-refractivity contribution in [1.82, 2.24) is 0 Å². The van der Waals surface area contributed by atoms with E-state index in [4.69, 9.17) is 0 Å². The van der Waals surface area contributed by atoms with E-state index in [0.717, 1.165) is 28.1 Å². The van der Waals surface area contributed by atoms with Crippen LogP contribution in [-0.2, 0) is 5.54 Å². The zero-order valence-electron chi connectivity index (χ0n) is 15.9. The fourth-order valence-corrected chi connectivity index (χ4v) is 4.44. The molecule has 0 aromatic heterocycles. The number of fused-ring (bicyclic) bond motifs is 1. The van der Waals surface area contributed by atoms with Gasteiger partial charge in [0.1, 0.15) is 11.6 Å². The molecule has 5 rings (SSSR count). The van der Waals surface area contributed by atoms with E-state index in [1.807, 2.05) is 78.9 Å². The van der Waals surface area contributed by atoms with Gasteiger partial charge in [0.25, 0.3) is 0 Å². The van der Waals surface area contributed by atoms with Crippen molar-refractivity contribution in [1.29, 1.82) is 0 Å². The van der Waals surface area contributed by atoms with Crippen LogP contribution in [0.1, 0.15) is 22.7 Å². The average Bonchev–Trinajstić information content (AvgIpc) is 3.16. The van der Waals surface area contributed by atoms with Crippen molar-refractivity contribution in [2.45, 2.75) is 11.6 Å². The molecule has 142 valence electrons. The van der Waals surface area contributed by atoms with E-state index in [0.29, 0.717) is 0 Å². The number of rotatable bonds is 4. The van der Waals surface area contributed by atoms with Gasteiger partial charge in [0.05, 0.1) is 5.69 Å². The summed E-state index contributed by atoms with van der Waals surface area (Å²) >= 11 is 0. The third-order valence-corrected chi connectivity index (χ3v) is 5.72. The largest absolute Gasteiger partial charge is 0.369 e. The molecule has 4 aromatic carbocycles. The lowest BCUT2D eigenvalue weighted by molar-refractivity contribution is 0.191. The number of nitrogens with zero attached hydrogens (tertiary/aromatic N) is 1. The summed E-state index contributed by atoms with van der Waals surface area (Å²) in [6.45, 7) is 0. The first-order chi connectivity index (χ1) is 14.3. The van der Waals surface area contributed by atoms with Crippen LogP contribution in [0.15, 0.2) is 115 Å². The molecular weight excluding hydrogens is 356 g/mol. The molecule has 0 fully saturated rings. The molecule has 29 heavy (non-hydrogen) atoms. The molecular formula is C26H22N2O. The minimum absolute atomic E-state index is 0.342. The highest BCUT2D eigenvalue weighted by Gasteiger charge is 2.51. The Morgan fingerprint density at radius 1 is 0.621 bits per heavy atom. The molecule has 0 amide bonds.